The van der Waals surface area contributed by atoms with Crippen LogP contribution < -0.4 is 15.4 Å². The quantitative estimate of drug-likeness (QED) is 0.862. The topological polar surface area (TPSA) is 50.4 Å². The van der Waals surface area contributed by atoms with Crippen molar-refractivity contribution in [3.63, 3.8) is 0 Å². The Balaban J connectivity index is 2.75. The minimum Gasteiger partial charge on any atom is -0.496 e. The number of hydrogen-bond acceptors (Lipinski definition) is 2. The Hall–Kier alpha value is -1.71. The zero-order chi connectivity index (χ0) is 13.7. The summed E-state index contributed by atoms with van der Waals surface area (Å²) in [5.74, 6) is 0.817. The van der Waals surface area contributed by atoms with Crippen LogP contribution in [0.25, 0.3) is 0 Å². The van der Waals surface area contributed by atoms with Crippen LogP contribution in [0.4, 0.5) is 4.79 Å². The maximum Gasteiger partial charge on any atom is 0.315 e. The summed E-state index contributed by atoms with van der Waals surface area (Å²) in [4.78, 5) is 11.5. The fourth-order valence-corrected chi connectivity index (χ4v) is 1.85. The molecule has 4 heteroatoms. The van der Waals surface area contributed by atoms with Crippen LogP contribution in [0.15, 0.2) is 12.1 Å². The van der Waals surface area contributed by atoms with Crippen LogP contribution in [0.3, 0.4) is 0 Å². The summed E-state index contributed by atoms with van der Waals surface area (Å²) in [6, 6.07) is 4.03. The van der Waals surface area contributed by atoms with Crippen molar-refractivity contribution in [3.05, 3.63) is 28.8 Å². The average Bonchev–Trinajstić information content (AvgIpc) is 2.25. The van der Waals surface area contributed by atoms with Gasteiger partial charge in [-0.15, -0.1) is 0 Å². The third-order valence-electron chi connectivity index (χ3n) is 2.64. The first-order valence-corrected chi connectivity index (χ1v) is 6.12. The molecule has 1 rings (SSSR count). The van der Waals surface area contributed by atoms with Crippen molar-refractivity contribution < 1.29 is 9.53 Å². The third kappa shape index (κ3) is 3.95. The number of hydrogen-bond donors (Lipinski definition) is 2. The molecule has 4 nitrogen and oxygen atoms in total. The first kappa shape index (κ1) is 14.4. The molecule has 0 fully saturated rings. The maximum absolute atomic E-state index is 11.5. The number of aryl methyl sites for hydroxylation is 2. The predicted molar refractivity (Wildman–Crippen MR) is 73.0 cm³/mol. The van der Waals surface area contributed by atoms with Crippen LogP contribution in [0.5, 0.6) is 5.75 Å². The van der Waals surface area contributed by atoms with Crippen molar-refractivity contribution in [1.29, 1.82) is 0 Å². The van der Waals surface area contributed by atoms with Gasteiger partial charge in [-0.05, 0) is 44.9 Å². The Kier molecular flexibility index (Phi) is 5.01. The number of carbonyl (C=O) groups is 1. The number of ether oxygens (including phenoxy) is 1. The Morgan fingerprint density at radius 2 is 2.00 bits per heavy atom. The number of rotatable bonds is 4. The van der Waals surface area contributed by atoms with E-state index in [-0.39, 0.29) is 12.1 Å². The Labute approximate surface area is 109 Å². The lowest BCUT2D eigenvalue weighted by Gasteiger charge is -2.15. The molecule has 0 aliphatic carbocycles. The summed E-state index contributed by atoms with van der Waals surface area (Å²) in [5, 5.41) is 5.63. The van der Waals surface area contributed by atoms with Crippen LogP contribution in [0.1, 0.15) is 30.5 Å². The van der Waals surface area contributed by atoms with E-state index in [0.29, 0.717) is 6.54 Å². The fourth-order valence-electron chi connectivity index (χ4n) is 1.85. The molecular weight excluding hydrogens is 228 g/mol. The zero-order valence-electron chi connectivity index (χ0n) is 11.8. The van der Waals surface area contributed by atoms with Gasteiger partial charge in [0.25, 0.3) is 0 Å². The molecule has 0 atom stereocenters. The number of benzene rings is 1. The van der Waals surface area contributed by atoms with Gasteiger partial charge in [-0.1, -0.05) is 6.07 Å². The van der Waals surface area contributed by atoms with Crippen LogP contribution in [0, 0.1) is 13.8 Å². The molecule has 0 aliphatic heterocycles. The summed E-state index contributed by atoms with van der Waals surface area (Å²) in [6.45, 7) is 8.37. The number of carbonyl (C=O) groups excluding carboxylic acids is 1. The molecule has 100 valence electrons. The van der Waals surface area contributed by atoms with E-state index < -0.39 is 0 Å². The molecule has 2 N–H and O–H groups in total. The molecule has 0 radical (unpaired) electrons. The van der Waals surface area contributed by atoms with E-state index in [1.807, 2.05) is 33.8 Å². The van der Waals surface area contributed by atoms with Gasteiger partial charge in [0.15, 0.2) is 0 Å². The fraction of sp³-hybridized carbons (Fsp3) is 0.500. The molecule has 0 aliphatic rings. The van der Waals surface area contributed by atoms with E-state index in [9.17, 15) is 4.79 Å². The van der Waals surface area contributed by atoms with Gasteiger partial charge >= 0.3 is 6.03 Å². The van der Waals surface area contributed by atoms with E-state index in [1.54, 1.807) is 7.11 Å². The van der Waals surface area contributed by atoms with Gasteiger partial charge in [0, 0.05) is 18.2 Å². The number of nitrogens with one attached hydrogen (secondary N) is 2. The lowest BCUT2D eigenvalue weighted by molar-refractivity contribution is 0.238. The molecule has 0 saturated carbocycles. The van der Waals surface area contributed by atoms with E-state index in [2.05, 4.69) is 16.7 Å². The highest BCUT2D eigenvalue weighted by Gasteiger charge is 2.09. The Morgan fingerprint density at radius 1 is 1.33 bits per heavy atom. The molecule has 0 bridgehead atoms. The van der Waals surface area contributed by atoms with E-state index >= 15 is 0 Å². The minimum absolute atomic E-state index is 0.131. The van der Waals surface area contributed by atoms with Crippen molar-refractivity contribution in [2.45, 2.75) is 40.3 Å². The van der Waals surface area contributed by atoms with Crippen LogP contribution in [-0.2, 0) is 6.54 Å². The Bertz CT molecular complexity index is 428. The van der Waals surface area contributed by atoms with Crippen molar-refractivity contribution in [3.8, 4) is 5.75 Å². The van der Waals surface area contributed by atoms with Crippen molar-refractivity contribution in [1.82, 2.24) is 10.6 Å². The van der Waals surface area contributed by atoms with Gasteiger partial charge in [-0.2, -0.15) is 0 Å². The normalized spacial score (nSPS) is 10.3. The van der Waals surface area contributed by atoms with Crippen LogP contribution >= 0.6 is 0 Å². The second-order valence-electron chi connectivity index (χ2n) is 4.74. The third-order valence-corrected chi connectivity index (χ3v) is 2.64. The van der Waals surface area contributed by atoms with Crippen LogP contribution in [0.2, 0.25) is 0 Å². The summed E-state index contributed by atoms with van der Waals surface area (Å²) in [6.07, 6.45) is 0. The van der Waals surface area contributed by atoms with Gasteiger partial charge < -0.3 is 15.4 Å². The van der Waals surface area contributed by atoms with Gasteiger partial charge in [0.05, 0.1) is 7.11 Å². The predicted octanol–water partition coefficient (Wildman–Crippen LogP) is 2.52. The van der Waals surface area contributed by atoms with Gasteiger partial charge in [0.1, 0.15) is 5.75 Å². The lowest BCUT2D eigenvalue weighted by Crippen LogP contribution is -2.39. The molecule has 2 amide bonds. The van der Waals surface area contributed by atoms with Gasteiger partial charge in [-0.25, -0.2) is 4.79 Å². The number of urea groups is 1. The largest absolute Gasteiger partial charge is 0.496 e. The molecule has 0 heterocycles. The SMILES string of the molecule is COc1cc(C)cc(C)c1CNC(=O)NC(C)C. The zero-order valence-corrected chi connectivity index (χ0v) is 11.8. The van der Waals surface area contributed by atoms with Crippen molar-refractivity contribution in [2.24, 2.45) is 0 Å². The molecule has 0 spiro atoms. The molecule has 0 unspecified atom stereocenters. The summed E-state index contributed by atoms with van der Waals surface area (Å²) in [5.41, 5.74) is 3.29. The standard InChI is InChI=1S/C14H22N2O2/c1-9(2)16-14(17)15-8-12-11(4)6-10(3)7-13(12)18-5/h6-7,9H,8H2,1-5H3,(H2,15,16,17). The first-order chi connectivity index (χ1) is 8.43. The smallest absolute Gasteiger partial charge is 0.315 e. The molecule has 18 heavy (non-hydrogen) atoms. The van der Waals surface area contributed by atoms with E-state index in [4.69, 9.17) is 4.74 Å². The van der Waals surface area contributed by atoms with Gasteiger partial charge in [-0.3, -0.25) is 0 Å². The monoisotopic (exact) mass is 250 g/mol. The molecule has 1 aromatic carbocycles. The van der Waals surface area contributed by atoms with E-state index in [0.717, 1.165) is 22.4 Å². The highest BCUT2D eigenvalue weighted by Crippen LogP contribution is 2.23. The second-order valence-corrected chi connectivity index (χ2v) is 4.74. The maximum atomic E-state index is 11.5. The van der Waals surface area contributed by atoms with Crippen molar-refractivity contribution >= 4 is 6.03 Å². The number of amides is 2. The van der Waals surface area contributed by atoms with Crippen LogP contribution in [-0.4, -0.2) is 19.2 Å². The highest BCUT2D eigenvalue weighted by atomic mass is 16.5. The summed E-state index contributed by atoms with van der Waals surface area (Å²) < 4.78 is 5.35. The minimum atomic E-state index is -0.160. The van der Waals surface area contributed by atoms with E-state index in [1.165, 1.54) is 0 Å². The van der Waals surface area contributed by atoms with Crippen molar-refractivity contribution in [2.75, 3.05) is 7.11 Å². The second kappa shape index (κ2) is 6.28. The Morgan fingerprint density at radius 3 is 2.56 bits per heavy atom. The molecular formula is C14H22N2O2. The first-order valence-electron chi connectivity index (χ1n) is 6.12. The van der Waals surface area contributed by atoms with Gasteiger partial charge in [0.2, 0.25) is 0 Å². The highest BCUT2D eigenvalue weighted by molar-refractivity contribution is 5.74. The summed E-state index contributed by atoms with van der Waals surface area (Å²) >= 11 is 0. The molecule has 1 aromatic rings. The lowest BCUT2D eigenvalue weighted by atomic mass is 10.0. The molecule has 0 aromatic heterocycles. The summed E-state index contributed by atoms with van der Waals surface area (Å²) in [7, 11) is 1.64. The average molecular weight is 250 g/mol. The number of methoxy groups -OCH3 is 1. The molecule has 0 saturated heterocycles.